The number of para-hydroxylation sites is 1. The van der Waals surface area contributed by atoms with Gasteiger partial charge >= 0.3 is 0 Å². The molecule has 10 heteroatoms. The molecular formula is C27H15F5N4O. The summed E-state index contributed by atoms with van der Waals surface area (Å²) in [6.45, 7) is 1.85. The minimum atomic E-state index is -2.32. The Balaban J connectivity index is 1.55. The van der Waals surface area contributed by atoms with Crippen LogP contribution in [0.25, 0.3) is 17.0 Å². The highest BCUT2D eigenvalue weighted by atomic mass is 19.2. The Hall–Kier alpha value is -4.78. The molecule has 184 valence electrons. The highest BCUT2D eigenvalue weighted by Crippen LogP contribution is 2.34. The highest BCUT2D eigenvalue weighted by Gasteiger charge is 2.37. The van der Waals surface area contributed by atoms with Crippen molar-refractivity contribution in [3.8, 4) is 6.07 Å². The number of halogens is 5. The van der Waals surface area contributed by atoms with Crippen LogP contribution in [0.1, 0.15) is 23.6 Å². The number of nitriles is 1. The summed E-state index contributed by atoms with van der Waals surface area (Å²) in [6.07, 6.45) is 3.24. The predicted molar refractivity (Wildman–Crippen MR) is 127 cm³/mol. The third-order valence-corrected chi connectivity index (χ3v) is 6.02. The second kappa shape index (κ2) is 9.02. The van der Waals surface area contributed by atoms with Crippen molar-refractivity contribution in [1.29, 1.82) is 5.26 Å². The zero-order valence-electron chi connectivity index (χ0n) is 19.1. The van der Waals surface area contributed by atoms with Gasteiger partial charge in [-0.15, -0.1) is 0 Å². The Bertz CT molecular complexity index is 1670. The lowest BCUT2D eigenvalue weighted by atomic mass is 10.1. The van der Waals surface area contributed by atoms with Gasteiger partial charge in [0.15, 0.2) is 23.3 Å². The second-order valence-corrected chi connectivity index (χ2v) is 8.32. The zero-order valence-corrected chi connectivity index (χ0v) is 19.1. The topological polar surface area (TPSA) is 61.4 Å². The van der Waals surface area contributed by atoms with E-state index in [0.29, 0.717) is 17.7 Å². The minimum Gasteiger partial charge on any atom is -0.342 e. The molecule has 0 radical (unpaired) electrons. The molecule has 0 unspecified atom stereocenters. The van der Waals surface area contributed by atoms with Crippen LogP contribution >= 0.6 is 0 Å². The van der Waals surface area contributed by atoms with Crippen molar-refractivity contribution in [3.63, 3.8) is 0 Å². The Labute approximate surface area is 207 Å². The molecule has 1 aliphatic heterocycles. The van der Waals surface area contributed by atoms with E-state index in [0.717, 1.165) is 16.5 Å². The Morgan fingerprint density at radius 2 is 1.54 bits per heavy atom. The van der Waals surface area contributed by atoms with E-state index in [-0.39, 0.29) is 16.3 Å². The van der Waals surface area contributed by atoms with Gasteiger partial charge < -0.3 is 4.57 Å². The van der Waals surface area contributed by atoms with Crippen molar-refractivity contribution >= 4 is 34.3 Å². The van der Waals surface area contributed by atoms with E-state index >= 15 is 0 Å². The molecule has 5 rings (SSSR count). The first-order chi connectivity index (χ1) is 17.7. The van der Waals surface area contributed by atoms with Crippen LogP contribution in [0.2, 0.25) is 0 Å². The van der Waals surface area contributed by atoms with Crippen molar-refractivity contribution < 1.29 is 26.7 Å². The highest BCUT2D eigenvalue weighted by molar-refractivity contribution is 6.32. The number of aromatic nitrogens is 1. The maximum Gasteiger partial charge on any atom is 0.280 e. The van der Waals surface area contributed by atoms with E-state index in [9.17, 15) is 26.7 Å². The fraction of sp³-hybridized carbons (Fsp3) is 0.0741. The first-order valence-electron chi connectivity index (χ1n) is 10.9. The molecule has 1 amide bonds. The molecule has 0 N–H and O–H groups in total. The number of carbonyl (C=O) groups excluding carboxylic acids is 1. The summed E-state index contributed by atoms with van der Waals surface area (Å²) in [6, 6.07) is 16.5. The van der Waals surface area contributed by atoms with Gasteiger partial charge in [-0.25, -0.2) is 22.0 Å². The fourth-order valence-electron chi connectivity index (χ4n) is 4.17. The molecule has 0 spiro atoms. The van der Waals surface area contributed by atoms with Gasteiger partial charge in [0.25, 0.3) is 5.91 Å². The van der Waals surface area contributed by atoms with E-state index in [4.69, 9.17) is 5.26 Å². The first kappa shape index (κ1) is 23.9. The molecule has 0 atom stereocenters. The van der Waals surface area contributed by atoms with Gasteiger partial charge in [-0.1, -0.05) is 30.3 Å². The number of hydrogen-bond acceptors (Lipinski definition) is 3. The normalized spacial score (nSPS) is 14.5. The molecule has 0 fully saturated rings. The Kier molecular flexibility index (Phi) is 5.84. The van der Waals surface area contributed by atoms with Crippen LogP contribution < -0.4 is 5.01 Å². The summed E-state index contributed by atoms with van der Waals surface area (Å²) in [4.78, 5) is 13.1. The number of rotatable bonds is 4. The molecule has 5 nitrogen and oxygen atoms in total. The van der Waals surface area contributed by atoms with Gasteiger partial charge in [0.2, 0.25) is 5.82 Å². The molecule has 3 aromatic carbocycles. The van der Waals surface area contributed by atoms with Gasteiger partial charge in [-0.05, 0) is 36.8 Å². The number of nitrogens with zero attached hydrogens (tertiary/aromatic N) is 4. The smallest absolute Gasteiger partial charge is 0.280 e. The van der Waals surface area contributed by atoms with E-state index in [1.165, 1.54) is 13.0 Å². The predicted octanol–water partition coefficient (Wildman–Crippen LogP) is 6.06. The third kappa shape index (κ3) is 3.94. The van der Waals surface area contributed by atoms with Gasteiger partial charge in [-0.3, -0.25) is 4.79 Å². The van der Waals surface area contributed by atoms with Crippen LogP contribution in [0.3, 0.4) is 0 Å². The maximum absolute atomic E-state index is 14.4. The number of hydrazone groups is 1. The van der Waals surface area contributed by atoms with Crippen LogP contribution in [-0.4, -0.2) is 16.2 Å². The molecule has 1 aliphatic rings. The average Bonchev–Trinajstić information content (AvgIpc) is 3.39. The third-order valence-electron chi connectivity index (χ3n) is 6.02. The molecule has 0 saturated carbocycles. The van der Waals surface area contributed by atoms with E-state index < -0.39 is 40.7 Å². The summed E-state index contributed by atoms with van der Waals surface area (Å²) < 4.78 is 71.6. The molecule has 4 aromatic rings. The SMILES string of the molecule is CC1=NN(c2c(F)c(F)c(F)c(F)c2F)C(=O)/C1=C\c1cn(Cc2ccc(C#N)cc2)c2ccccc12. The summed E-state index contributed by atoms with van der Waals surface area (Å²) in [5.74, 6) is -12.0. The first-order valence-corrected chi connectivity index (χ1v) is 10.9. The van der Waals surface area contributed by atoms with Crippen LogP contribution in [0, 0.1) is 40.4 Å². The van der Waals surface area contributed by atoms with Crippen molar-refractivity contribution in [2.45, 2.75) is 13.5 Å². The van der Waals surface area contributed by atoms with E-state index in [2.05, 4.69) is 11.2 Å². The molecule has 0 bridgehead atoms. The van der Waals surface area contributed by atoms with Gasteiger partial charge in [0.05, 0.1) is 22.9 Å². The quantitative estimate of drug-likeness (QED) is 0.146. The van der Waals surface area contributed by atoms with Gasteiger partial charge in [0, 0.05) is 29.2 Å². The van der Waals surface area contributed by atoms with Gasteiger partial charge in [0.1, 0.15) is 5.69 Å². The number of carbonyl (C=O) groups is 1. The monoisotopic (exact) mass is 506 g/mol. The lowest BCUT2D eigenvalue weighted by molar-refractivity contribution is -0.114. The Morgan fingerprint density at radius 3 is 2.19 bits per heavy atom. The Morgan fingerprint density at radius 1 is 0.919 bits per heavy atom. The van der Waals surface area contributed by atoms with Crippen molar-refractivity contribution in [1.82, 2.24) is 4.57 Å². The second-order valence-electron chi connectivity index (χ2n) is 8.32. The number of benzene rings is 3. The largest absolute Gasteiger partial charge is 0.342 e. The maximum atomic E-state index is 14.4. The van der Waals surface area contributed by atoms with Crippen molar-refractivity contribution in [2.75, 3.05) is 5.01 Å². The molecule has 37 heavy (non-hydrogen) atoms. The molecular weight excluding hydrogens is 491 g/mol. The van der Waals surface area contributed by atoms with E-state index in [1.54, 1.807) is 24.4 Å². The van der Waals surface area contributed by atoms with Crippen LogP contribution in [0.5, 0.6) is 0 Å². The van der Waals surface area contributed by atoms with Crippen LogP contribution in [0.4, 0.5) is 27.6 Å². The molecule has 0 aliphatic carbocycles. The van der Waals surface area contributed by atoms with Crippen LogP contribution in [0.15, 0.2) is 65.4 Å². The zero-order chi connectivity index (χ0) is 26.4. The summed E-state index contributed by atoms with van der Waals surface area (Å²) in [5, 5.41) is 13.7. The number of amides is 1. The molecule has 0 saturated heterocycles. The molecule has 2 heterocycles. The van der Waals surface area contributed by atoms with Gasteiger partial charge in [-0.2, -0.15) is 15.4 Å². The fourth-order valence-corrected chi connectivity index (χ4v) is 4.17. The standard InChI is InChI=1S/C27H15F5N4O/c1-14-19(27(37)36(34-14)26-24(31)22(29)21(28)23(30)25(26)32)10-17-13-35(20-5-3-2-4-18(17)20)12-16-8-6-15(11-33)7-9-16/h2-10,13H,12H2,1H3/b19-10-. The van der Waals surface area contributed by atoms with Crippen LogP contribution in [-0.2, 0) is 11.3 Å². The molecule has 1 aromatic heterocycles. The lowest BCUT2D eigenvalue weighted by Crippen LogP contribution is -2.25. The number of anilines is 1. The lowest BCUT2D eigenvalue weighted by Gasteiger charge is -2.15. The minimum absolute atomic E-state index is 0.0397. The number of hydrogen-bond donors (Lipinski definition) is 0. The van der Waals surface area contributed by atoms with Crippen molar-refractivity contribution in [2.24, 2.45) is 5.10 Å². The average molecular weight is 506 g/mol. The van der Waals surface area contributed by atoms with Crippen molar-refractivity contribution in [3.05, 3.63) is 106 Å². The summed E-state index contributed by atoms with van der Waals surface area (Å²) >= 11 is 0. The summed E-state index contributed by atoms with van der Waals surface area (Å²) in [7, 11) is 0. The number of fused-ring (bicyclic) bond motifs is 1. The van der Waals surface area contributed by atoms with E-state index in [1.807, 2.05) is 34.9 Å². The summed E-state index contributed by atoms with van der Waals surface area (Å²) in [5.41, 5.74) is 1.40.